The fraction of sp³-hybridized carbons (Fsp3) is 0.318. The second kappa shape index (κ2) is 7.34. The molecule has 26 heavy (non-hydrogen) atoms. The first-order chi connectivity index (χ1) is 12.8. The molecule has 4 heteroatoms. The van der Waals surface area contributed by atoms with Gasteiger partial charge < -0.3 is 14.7 Å². The van der Waals surface area contributed by atoms with Crippen LogP contribution < -0.4 is 9.64 Å². The van der Waals surface area contributed by atoms with Crippen LogP contribution in [0.1, 0.15) is 19.3 Å². The number of methoxy groups -OCH3 is 1. The summed E-state index contributed by atoms with van der Waals surface area (Å²) in [5.41, 5.74) is 4.16. The lowest BCUT2D eigenvalue weighted by Gasteiger charge is -2.37. The summed E-state index contributed by atoms with van der Waals surface area (Å²) < 4.78 is 5.27. The van der Waals surface area contributed by atoms with Gasteiger partial charge in [-0.25, -0.2) is 4.98 Å². The van der Waals surface area contributed by atoms with E-state index in [2.05, 4.69) is 29.2 Å². The second-order valence-electron chi connectivity index (χ2n) is 6.80. The van der Waals surface area contributed by atoms with Gasteiger partial charge in [0.1, 0.15) is 5.75 Å². The Hall–Kier alpha value is -2.59. The molecular formula is C22H24N2O2. The number of aliphatic hydroxyl groups is 1. The Morgan fingerprint density at radius 3 is 2.69 bits per heavy atom. The fourth-order valence-electron chi connectivity index (χ4n) is 3.81. The maximum Gasteiger partial charge on any atom is 0.118 e. The molecule has 1 fully saturated rings. The van der Waals surface area contributed by atoms with Crippen LogP contribution in [0.2, 0.25) is 0 Å². The van der Waals surface area contributed by atoms with Crippen LogP contribution in [-0.4, -0.2) is 36.4 Å². The largest absolute Gasteiger partial charge is 0.497 e. The van der Waals surface area contributed by atoms with Gasteiger partial charge in [0.15, 0.2) is 0 Å². The number of fused-ring (bicyclic) bond motifs is 1. The molecule has 1 aliphatic rings. The van der Waals surface area contributed by atoms with Crippen molar-refractivity contribution in [2.75, 3.05) is 25.2 Å². The van der Waals surface area contributed by atoms with Crippen molar-refractivity contribution in [3.63, 3.8) is 0 Å². The number of para-hydroxylation sites is 1. The van der Waals surface area contributed by atoms with Gasteiger partial charge in [-0.15, -0.1) is 0 Å². The average molecular weight is 348 g/mol. The van der Waals surface area contributed by atoms with Gasteiger partial charge in [0, 0.05) is 23.2 Å². The van der Waals surface area contributed by atoms with Crippen LogP contribution in [0, 0.1) is 0 Å². The van der Waals surface area contributed by atoms with E-state index in [1.807, 2.05) is 30.3 Å². The Morgan fingerprint density at radius 2 is 1.92 bits per heavy atom. The minimum atomic E-state index is 0.179. The molecule has 0 aliphatic carbocycles. The molecule has 1 saturated heterocycles. The van der Waals surface area contributed by atoms with Crippen molar-refractivity contribution in [3.8, 4) is 17.0 Å². The molecule has 0 radical (unpaired) electrons. The Bertz CT molecular complexity index is 892. The molecule has 2 heterocycles. The molecule has 1 unspecified atom stereocenters. The highest BCUT2D eigenvalue weighted by molar-refractivity contribution is 5.94. The Balaban J connectivity index is 1.85. The van der Waals surface area contributed by atoms with Gasteiger partial charge >= 0.3 is 0 Å². The smallest absolute Gasteiger partial charge is 0.118 e. The number of pyridine rings is 1. The van der Waals surface area contributed by atoms with Crippen molar-refractivity contribution in [2.45, 2.75) is 25.3 Å². The molecule has 134 valence electrons. The van der Waals surface area contributed by atoms with Crippen molar-refractivity contribution in [3.05, 3.63) is 54.6 Å². The summed E-state index contributed by atoms with van der Waals surface area (Å²) in [5, 5.41) is 11.0. The second-order valence-corrected chi connectivity index (χ2v) is 6.80. The van der Waals surface area contributed by atoms with E-state index in [9.17, 15) is 5.11 Å². The van der Waals surface area contributed by atoms with E-state index in [1.165, 1.54) is 12.1 Å². The van der Waals surface area contributed by atoms with E-state index in [1.54, 1.807) is 7.11 Å². The lowest BCUT2D eigenvalue weighted by molar-refractivity contribution is 0.240. The van der Waals surface area contributed by atoms with Crippen LogP contribution >= 0.6 is 0 Å². The van der Waals surface area contributed by atoms with Crippen molar-refractivity contribution >= 4 is 16.6 Å². The maximum absolute atomic E-state index is 9.87. The number of hydrogen-bond donors (Lipinski definition) is 1. The fourth-order valence-corrected chi connectivity index (χ4v) is 3.81. The number of aromatic nitrogens is 1. The Kier molecular flexibility index (Phi) is 4.76. The summed E-state index contributed by atoms with van der Waals surface area (Å²) in [5.74, 6) is 0.839. The third kappa shape index (κ3) is 3.13. The molecule has 0 bridgehead atoms. The van der Waals surface area contributed by atoms with Crippen LogP contribution in [-0.2, 0) is 0 Å². The van der Waals surface area contributed by atoms with Gasteiger partial charge in [-0.05, 0) is 55.7 Å². The monoisotopic (exact) mass is 348 g/mol. The zero-order chi connectivity index (χ0) is 17.9. The van der Waals surface area contributed by atoms with Gasteiger partial charge in [0.25, 0.3) is 0 Å². The van der Waals surface area contributed by atoms with E-state index in [0.29, 0.717) is 0 Å². The third-order valence-corrected chi connectivity index (χ3v) is 5.23. The molecular weight excluding hydrogens is 324 g/mol. The van der Waals surface area contributed by atoms with Gasteiger partial charge in [-0.1, -0.05) is 18.2 Å². The predicted octanol–water partition coefficient (Wildman–Crippen LogP) is 4.26. The quantitative estimate of drug-likeness (QED) is 0.765. The molecule has 4 nitrogen and oxygen atoms in total. The SMILES string of the molecule is COc1ccc(-c2cc(N3CCCCC3CO)c3ccccc3n2)cc1. The first-order valence-electron chi connectivity index (χ1n) is 9.22. The third-order valence-electron chi connectivity index (χ3n) is 5.23. The molecule has 0 spiro atoms. The van der Waals surface area contributed by atoms with Crippen LogP contribution in [0.3, 0.4) is 0 Å². The van der Waals surface area contributed by atoms with Crippen LogP contribution in [0.25, 0.3) is 22.2 Å². The van der Waals surface area contributed by atoms with Gasteiger partial charge in [-0.2, -0.15) is 0 Å². The number of anilines is 1. The minimum absolute atomic E-state index is 0.179. The van der Waals surface area contributed by atoms with E-state index < -0.39 is 0 Å². The van der Waals surface area contributed by atoms with Crippen molar-refractivity contribution in [1.29, 1.82) is 0 Å². The molecule has 1 aromatic heterocycles. The molecule has 1 aliphatic heterocycles. The predicted molar refractivity (Wildman–Crippen MR) is 106 cm³/mol. The highest BCUT2D eigenvalue weighted by Gasteiger charge is 2.24. The van der Waals surface area contributed by atoms with Crippen LogP contribution in [0.5, 0.6) is 5.75 Å². The maximum atomic E-state index is 9.87. The summed E-state index contributed by atoms with van der Waals surface area (Å²) in [7, 11) is 1.67. The lowest BCUT2D eigenvalue weighted by Crippen LogP contribution is -2.42. The Morgan fingerprint density at radius 1 is 1.12 bits per heavy atom. The minimum Gasteiger partial charge on any atom is -0.497 e. The van der Waals surface area contributed by atoms with Crippen molar-refractivity contribution < 1.29 is 9.84 Å². The number of hydrogen-bond acceptors (Lipinski definition) is 4. The van der Waals surface area contributed by atoms with Gasteiger partial charge in [0.2, 0.25) is 0 Å². The zero-order valence-corrected chi connectivity index (χ0v) is 15.1. The molecule has 0 amide bonds. The van der Waals surface area contributed by atoms with Crippen LogP contribution in [0.15, 0.2) is 54.6 Å². The summed E-state index contributed by atoms with van der Waals surface area (Å²) in [6.07, 6.45) is 3.37. The van der Waals surface area contributed by atoms with Gasteiger partial charge in [-0.3, -0.25) is 0 Å². The molecule has 1 atom stereocenters. The van der Waals surface area contributed by atoms with Crippen LogP contribution in [0.4, 0.5) is 5.69 Å². The van der Waals surface area contributed by atoms with Crippen molar-refractivity contribution in [1.82, 2.24) is 4.98 Å². The topological polar surface area (TPSA) is 45.6 Å². The van der Waals surface area contributed by atoms with E-state index >= 15 is 0 Å². The Labute approximate surface area is 154 Å². The van der Waals surface area contributed by atoms with E-state index in [4.69, 9.17) is 9.72 Å². The van der Waals surface area contributed by atoms with E-state index in [0.717, 1.165) is 47.3 Å². The summed E-state index contributed by atoms with van der Waals surface area (Å²) in [6.45, 7) is 1.16. The number of aliphatic hydroxyl groups excluding tert-OH is 1. The molecule has 0 saturated carbocycles. The molecule has 3 aromatic rings. The first-order valence-corrected chi connectivity index (χ1v) is 9.22. The first kappa shape index (κ1) is 16.9. The standard InChI is InChI=1S/C22H24N2O2/c1-26-18-11-9-16(10-12-18)21-14-22(19-7-2-3-8-20(19)23-21)24-13-5-4-6-17(24)15-25/h2-3,7-12,14,17,25H,4-6,13,15H2,1H3. The normalized spacial score (nSPS) is 17.5. The summed E-state index contributed by atoms with van der Waals surface area (Å²) in [4.78, 5) is 7.24. The highest BCUT2D eigenvalue weighted by atomic mass is 16.5. The number of piperidine rings is 1. The zero-order valence-electron chi connectivity index (χ0n) is 15.1. The van der Waals surface area contributed by atoms with Crippen molar-refractivity contribution in [2.24, 2.45) is 0 Å². The number of nitrogens with zero attached hydrogens (tertiary/aromatic N) is 2. The number of benzene rings is 2. The average Bonchev–Trinajstić information content (AvgIpc) is 2.73. The molecule has 2 aromatic carbocycles. The van der Waals surface area contributed by atoms with Gasteiger partial charge in [0.05, 0.1) is 31.0 Å². The summed E-state index contributed by atoms with van der Waals surface area (Å²) in [6, 6.07) is 18.6. The molecule has 4 rings (SSSR count). The van der Waals surface area contributed by atoms with E-state index in [-0.39, 0.29) is 12.6 Å². The summed E-state index contributed by atoms with van der Waals surface area (Å²) >= 11 is 0. The lowest BCUT2D eigenvalue weighted by atomic mass is 9.99. The number of ether oxygens (including phenoxy) is 1. The highest BCUT2D eigenvalue weighted by Crippen LogP contribution is 2.34. The number of rotatable bonds is 4. The molecule has 1 N–H and O–H groups in total.